The van der Waals surface area contributed by atoms with Crippen molar-refractivity contribution < 1.29 is 19.8 Å². The Kier molecular flexibility index (Phi) is 18.3. The molecule has 0 spiro atoms. The minimum absolute atomic E-state index is 0.252. The van der Waals surface area contributed by atoms with Crippen LogP contribution in [0.15, 0.2) is 96.6 Å². The average Bonchev–Trinajstić information content (AvgIpc) is 3.10. The minimum atomic E-state index is -1.93. The second-order valence-corrected chi connectivity index (χ2v) is 17.1. The summed E-state index contributed by atoms with van der Waals surface area (Å²) in [4.78, 5) is 21.9. The molecule has 5 heteroatoms. The van der Waals surface area contributed by atoms with Crippen LogP contribution in [0.4, 0.5) is 0 Å². The van der Waals surface area contributed by atoms with Crippen LogP contribution in [0.5, 0.6) is 0 Å². The van der Waals surface area contributed by atoms with Crippen LogP contribution in [-0.2, 0) is 9.59 Å². The van der Waals surface area contributed by atoms with Crippen molar-refractivity contribution >= 4 is 35.1 Å². The molecule has 0 fully saturated rings. The standard InChI is InChI=1S/C43H59O4P/c1-3-4-11-23-37(24-12-5-6-17-32-42(44)45)25-20-22-36(2)38-26-21-31-41(35-38)48(39-27-13-9-14-28-39,40-29-15-10-16-30-40)34-19-8-7-18-33-43(46)47/h9-10,13-16,21,24,26-31,35-36H,3-8,11-12,17-20,22-23,25,32-34H2,1-2H3,(H-,44,45,46,47)/p+1/b37-24-. The number of hydrogen-bond donors (Lipinski definition) is 2. The summed E-state index contributed by atoms with van der Waals surface area (Å²) >= 11 is 0. The van der Waals surface area contributed by atoms with E-state index < -0.39 is 19.2 Å². The third kappa shape index (κ3) is 13.3. The van der Waals surface area contributed by atoms with Crippen molar-refractivity contribution in [3.63, 3.8) is 0 Å². The first kappa shape index (κ1) is 39.2. The van der Waals surface area contributed by atoms with Crippen LogP contribution in [-0.4, -0.2) is 28.3 Å². The van der Waals surface area contributed by atoms with E-state index in [-0.39, 0.29) is 12.8 Å². The quantitative estimate of drug-likeness (QED) is 0.0534. The van der Waals surface area contributed by atoms with Gasteiger partial charge in [-0.15, -0.1) is 0 Å². The van der Waals surface area contributed by atoms with Gasteiger partial charge in [-0.2, -0.15) is 0 Å². The molecule has 1 atom stereocenters. The lowest BCUT2D eigenvalue weighted by atomic mass is 9.92. The lowest BCUT2D eigenvalue weighted by Crippen LogP contribution is -2.33. The van der Waals surface area contributed by atoms with E-state index in [4.69, 9.17) is 10.2 Å². The Balaban J connectivity index is 1.77. The summed E-state index contributed by atoms with van der Waals surface area (Å²) in [6, 6.07) is 31.7. The van der Waals surface area contributed by atoms with Crippen LogP contribution < -0.4 is 15.9 Å². The average molecular weight is 672 g/mol. The molecule has 48 heavy (non-hydrogen) atoms. The number of aliphatic carboxylic acids is 2. The molecular weight excluding hydrogens is 611 g/mol. The van der Waals surface area contributed by atoms with E-state index >= 15 is 0 Å². The lowest BCUT2D eigenvalue weighted by Gasteiger charge is -2.28. The van der Waals surface area contributed by atoms with Crippen LogP contribution in [0.1, 0.15) is 134 Å². The number of unbranched alkanes of at least 4 members (excludes halogenated alkanes) is 8. The minimum Gasteiger partial charge on any atom is -0.481 e. The summed E-state index contributed by atoms with van der Waals surface area (Å²) in [5.41, 5.74) is 3.00. The number of carboxylic acids is 2. The first-order valence-corrected chi connectivity index (χ1v) is 20.6. The zero-order valence-corrected chi connectivity index (χ0v) is 30.5. The number of benzene rings is 3. The molecule has 2 N–H and O–H groups in total. The molecule has 3 aromatic rings. The Morgan fingerprint density at radius 2 is 1.17 bits per heavy atom. The predicted molar refractivity (Wildman–Crippen MR) is 206 cm³/mol. The molecule has 3 aromatic carbocycles. The van der Waals surface area contributed by atoms with Gasteiger partial charge in [0.05, 0.1) is 6.16 Å². The van der Waals surface area contributed by atoms with Gasteiger partial charge in [0, 0.05) is 12.8 Å². The van der Waals surface area contributed by atoms with E-state index in [2.05, 4.69) is 105 Å². The Hall–Kier alpha value is -3.23. The van der Waals surface area contributed by atoms with Crippen molar-refractivity contribution in [1.82, 2.24) is 0 Å². The molecule has 3 rings (SSSR count). The van der Waals surface area contributed by atoms with Crippen molar-refractivity contribution in [2.24, 2.45) is 0 Å². The lowest BCUT2D eigenvalue weighted by molar-refractivity contribution is -0.138. The van der Waals surface area contributed by atoms with Gasteiger partial charge in [-0.05, 0) is 119 Å². The first-order chi connectivity index (χ1) is 23.4. The largest absolute Gasteiger partial charge is 0.481 e. The van der Waals surface area contributed by atoms with Crippen LogP contribution in [0.2, 0.25) is 0 Å². The summed E-state index contributed by atoms with van der Waals surface area (Å²) < 4.78 is 0. The SMILES string of the molecule is CCCCC/C(=C/CCCCCC(=O)O)CCCC(C)c1cccc([P+](CCCCCCC(=O)O)(c2ccccc2)c2ccccc2)c1. The normalized spacial score (nSPS) is 12.6. The molecule has 0 heterocycles. The fourth-order valence-corrected chi connectivity index (χ4v) is 11.3. The number of rotatable bonds is 25. The van der Waals surface area contributed by atoms with Crippen LogP contribution in [0, 0.1) is 0 Å². The Morgan fingerprint density at radius 3 is 1.77 bits per heavy atom. The molecule has 0 radical (unpaired) electrons. The van der Waals surface area contributed by atoms with E-state index in [9.17, 15) is 9.59 Å². The summed E-state index contributed by atoms with van der Waals surface area (Å²) in [6.45, 7) is 4.65. The summed E-state index contributed by atoms with van der Waals surface area (Å²) in [5, 5.41) is 22.3. The zero-order valence-electron chi connectivity index (χ0n) is 29.6. The highest BCUT2D eigenvalue weighted by atomic mass is 31.2. The first-order valence-electron chi connectivity index (χ1n) is 18.6. The highest BCUT2D eigenvalue weighted by molar-refractivity contribution is 7.95. The van der Waals surface area contributed by atoms with E-state index in [1.165, 1.54) is 53.6 Å². The number of carbonyl (C=O) groups is 2. The number of hydrogen-bond acceptors (Lipinski definition) is 2. The summed E-state index contributed by atoms with van der Waals surface area (Å²) in [6.07, 6.45) is 20.2. The van der Waals surface area contributed by atoms with E-state index in [0.717, 1.165) is 70.4 Å². The van der Waals surface area contributed by atoms with Gasteiger partial charge in [0.1, 0.15) is 23.2 Å². The van der Waals surface area contributed by atoms with Crippen LogP contribution in [0.25, 0.3) is 0 Å². The fourth-order valence-electron chi connectivity index (χ4n) is 6.88. The maximum absolute atomic E-state index is 11.1. The van der Waals surface area contributed by atoms with E-state index in [1.54, 1.807) is 5.57 Å². The topological polar surface area (TPSA) is 74.6 Å². The Morgan fingerprint density at radius 1 is 0.625 bits per heavy atom. The monoisotopic (exact) mass is 671 g/mol. The highest BCUT2D eigenvalue weighted by Gasteiger charge is 2.44. The Bertz CT molecular complexity index is 1330. The molecule has 0 aliphatic rings. The number of carboxylic acid groups (broad SMARTS) is 2. The van der Waals surface area contributed by atoms with Gasteiger partial charge >= 0.3 is 11.9 Å². The van der Waals surface area contributed by atoms with Gasteiger partial charge in [0.15, 0.2) is 0 Å². The molecule has 4 nitrogen and oxygen atoms in total. The zero-order chi connectivity index (χ0) is 34.5. The maximum Gasteiger partial charge on any atom is 0.303 e. The smallest absolute Gasteiger partial charge is 0.303 e. The maximum atomic E-state index is 11.1. The predicted octanol–water partition coefficient (Wildman–Crippen LogP) is 10.8. The summed E-state index contributed by atoms with van der Waals surface area (Å²) in [5.74, 6) is -0.935. The van der Waals surface area contributed by atoms with Crippen molar-refractivity contribution in [3.8, 4) is 0 Å². The van der Waals surface area contributed by atoms with Crippen molar-refractivity contribution in [2.45, 2.75) is 129 Å². The molecule has 0 saturated heterocycles. The molecule has 0 saturated carbocycles. The Labute approximate surface area is 291 Å². The molecule has 0 aromatic heterocycles. The van der Waals surface area contributed by atoms with Gasteiger partial charge in [-0.3, -0.25) is 9.59 Å². The second-order valence-electron chi connectivity index (χ2n) is 13.5. The summed E-state index contributed by atoms with van der Waals surface area (Å²) in [7, 11) is -1.93. The molecule has 0 aliphatic heterocycles. The van der Waals surface area contributed by atoms with Crippen molar-refractivity contribution in [3.05, 3.63) is 102 Å². The third-order valence-electron chi connectivity index (χ3n) is 9.67. The van der Waals surface area contributed by atoms with E-state index in [0.29, 0.717) is 5.92 Å². The molecule has 0 bridgehead atoms. The molecule has 0 aliphatic carbocycles. The second kappa shape index (κ2) is 22.4. The number of allylic oxidation sites excluding steroid dienone is 2. The molecule has 0 amide bonds. The van der Waals surface area contributed by atoms with Gasteiger partial charge in [0.2, 0.25) is 0 Å². The van der Waals surface area contributed by atoms with Crippen molar-refractivity contribution in [2.75, 3.05) is 6.16 Å². The molecular formula is C43H60O4P+. The van der Waals surface area contributed by atoms with Gasteiger partial charge < -0.3 is 10.2 Å². The third-order valence-corrected chi connectivity index (χ3v) is 14.2. The van der Waals surface area contributed by atoms with Gasteiger partial charge in [-0.1, -0.05) is 99.7 Å². The van der Waals surface area contributed by atoms with Crippen LogP contribution >= 0.6 is 7.26 Å². The van der Waals surface area contributed by atoms with Crippen molar-refractivity contribution in [1.29, 1.82) is 0 Å². The van der Waals surface area contributed by atoms with Gasteiger partial charge in [0.25, 0.3) is 0 Å². The highest BCUT2D eigenvalue weighted by Crippen LogP contribution is 2.56. The fraction of sp³-hybridized carbons (Fsp3) is 0.488. The van der Waals surface area contributed by atoms with E-state index in [1.807, 2.05) is 0 Å². The van der Waals surface area contributed by atoms with Crippen LogP contribution in [0.3, 0.4) is 0 Å². The van der Waals surface area contributed by atoms with Gasteiger partial charge in [-0.25, -0.2) is 0 Å². The molecule has 260 valence electrons. The molecule has 1 unspecified atom stereocenters.